The summed E-state index contributed by atoms with van der Waals surface area (Å²) >= 11 is 10.9. The van der Waals surface area contributed by atoms with Gasteiger partial charge in [0.05, 0.1) is 18.8 Å². The number of nitrogens with zero attached hydrogens (tertiary/aromatic N) is 1. The quantitative estimate of drug-likeness (QED) is 0.717. The van der Waals surface area contributed by atoms with Gasteiger partial charge in [0, 0.05) is 18.9 Å². The summed E-state index contributed by atoms with van der Waals surface area (Å²) in [5.41, 5.74) is 0.868. The number of rotatable bonds is 5. The third-order valence-electron chi connectivity index (χ3n) is 4.58. The first-order valence-electron chi connectivity index (χ1n) is 8.45. The second-order valence-electron chi connectivity index (χ2n) is 6.41. The smallest absolute Gasteiger partial charge is 0.414 e. The molecule has 0 spiro atoms. The number of hydrogen-bond donors (Lipinski definition) is 2. The maximum absolute atomic E-state index is 14.6. The molecule has 10 heteroatoms. The van der Waals surface area contributed by atoms with Gasteiger partial charge < -0.3 is 15.4 Å². The van der Waals surface area contributed by atoms with E-state index in [1.54, 1.807) is 12.1 Å². The molecule has 2 aliphatic rings. The van der Waals surface area contributed by atoms with Crippen LogP contribution in [0.4, 0.5) is 14.9 Å². The van der Waals surface area contributed by atoms with E-state index in [2.05, 4.69) is 10.6 Å². The molecule has 0 aliphatic carbocycles. The number of cyclic esters (lactones) is 1. The number of piperidine rings is 1. The molecule has 3 amide bonds. The van der Waals surface area contributed by atoms with Gasteiger partial charge in [0.1, 0.15) is 11.9 Å². The van der Waals surface area contributed by atoms with Crippen molar-refractivity contribution in [3.8, 4) is 0 Å². The first kappa shape index (κ1) is 19.7. The van der Waals surface area contributed by atoms with E-state index in [0.29, 0.717) is 30.6 Å². The molecule has 2 fully saturated rings. The van der Waals surface area contributed by atoms with E-state index >= 15 is 0 Å². The second kappa shape index (κ2) is 8.31. The van der Waals surface area contributed by atoms with Gasteiger partial charge >= 0.3 is 6.09 Å². The molecule has 2 atom stereocenters. The van der Waals surface area contributed by atoms with Crippen molar-refractivity contribution in [3.63, 3.8) is 0 Å². The normalized spacial score (nSPS) is 22.6. The molecule has 27 heavy (non-hydrogen) atoms. The highest BCUT2D eigenvalue weighted by Gasteiger charge is 2.33. The summed E-state index contributed by atoms with van der Waals surface area (Å²) in [5, 5.41) is 5.20. The van der Waals surface area contributed by atoms with E-state index in [4.69, 9.17) is 27.9 Å². The fourth-order valence-electron chi connectivity index (χ4n) is 3.14. The van der Waals surface area contributed by atoms with Gasteiger partial charge in [-0.1, -0.05) is 29.3 Å². The number of halogens is 3. The van der Waals surface area contributed by atoms with Crippen molar-refractivity contribution in [2.75, 3.05) is 24.5 Å². The molecule has 1 unspecified atom stereocenters. The summed E-state index contributed by atoms with van der Waals surface area (Å²) in [7, 11) is 0. The highest BCUT2D eigenvalue weighted by atomic mass is 35.5. The van der Waals surface area contributed by atoms with Gasteiger partial charge in [0.2, 0.25) is 5.91 Å². The molecule has 0 aromatic heterocycles. The Hall–Kier alpha value is -2.06. The minimum atomic E-state index is -1.20. The fourth-order valence-corrected chi connectivity index (χ4v) is 3.30. The van der Waals surface area contributed by atoms with E-state index in [9.17, 15) is 18.8 Å². The lowest BCUT2D eigenvalue weighted by Gasteiger charge is -2.24. The van der Waals surface area contributed by atoms with E-state index in [-0.39, 0.29) is 24.9 Å². The molecule has 7 nitrogen and oxygen atoms in total. The molecule has 1 aromatic carbocycles. The zero-order chi connectivity index (χ0) is 19.6. The van der Waals surface area contributed by atoms with E-state index < -0.39 is 28.8 Å². The van der Waals surface area contributed by atoms with Crippen molar-refractivity contribution in [2.45, 2.75) is 29.7 Å². The summed E-state index contributed by atoms with van der Waals surface area (Å²) in [4.78, 5) is 34.8. The largest absolute Gasteiger partial charge is 0.442 e. The first-order chi connectivity index (χ1) is 12.8. The maximum atomic E-state index is 14.6. The lowest BCUT2D eigenvalue weighted by Crippen LogP contribution is -2.37. The molecule has 0 bridgehead atoms. The van der Waals surface area contributed by atoms with Gasteiger partial charge in [-0.3, -0.25) is 14.5 Å². The summed E-state index contributed by atoms with van der Waals surface area (Å²) < 4.78 is 19.7. The van der Waals surface area contributed by atoms with E-state index in [1.165, 1.54) is 11.0 Å². The molecular formula is C17H18Cl2FN3O4. The third-order valence-corrected chi connectivity index (χ3v) is 4.97. The van der Waals surface area contributed by atoms with Crippen molar-refractivity contribution >= 4 is 46.8 Å². The van der Waals surface area contributed by atoms with Crippen LogP contribution in [0.25, 0.3) is 0 Å². The number of nitrogens with one attached hydrogen (secondary N) is 2. The number of anilines is 1. The van der Waals surface area contributed by atoms with Gasteiger partial charge in [-0.05, 0) is 24.1 Å². The molecule has 2 saturated heterocycles. The van der Waals surface area contributed by atoms with Crippen molar-refractivity contribution in [2.24, 2.45) is 0 Å². The van der Waals surface area contributed by atoms with E-state index in [1.807, 2.05) is 0 Å². The average molecular weight is 418 g/mol. The topological polar surface area (TPSA) is 87.7 Å². The monoisotopic (exact) mass is 417 g/mol. The van der Waals surface area contributed by atoms with Gasteiger partial charge in [0.15, 0.2) is 4.84 Å². The molecular weight excluding hydrogens is 400 g/mol. The summed E-state index contributed by atoms with van der Waals surface area (Å²) in [5.74, 6) is -1.15. The summed E-state index contributed by atoms with van der Waals surface area (Å²) in [6.45, 7) is 0.608. The Morgan fingerprint density at radius 2 is 2.19 bits per heavy atom. The lowest BCUT2D eigenvalue weighted by atomic mass is 9.91. The van der Waals surface area contributed by atoms with Crippen molar-refractivity contribution < 1.29 is 23.5 Å². The zero-order valence-corrected chi connectivity index (χ0v) is 15.7. The number of carbonyl (C=O) groups is 3. The Balaban J connectivity index is 1.64. The van der Waals surface area contributed by atoms with Crippen molar-refractivity contribution in [1.29, 1.82) is 0 Å². The predicted molar refractivity (Wildman–Crippen MR) is 97.5 cm³/mol. The van der Waals surface area contributed by atoms with Crippen molar-refractivity contribution in [3.05, 3.63) is 29.6 Å². The lowest BCUT2D eigenvalue weighted by molar-refractivity contribution is -0.122. The fraction of sp³-hybridized carbons (Fsp3) is 0.471. The number of amides is 3. The third kappa shape index (κ3) is 4.62. The zero-order valence-electron chi connectivity index (χ0n) is 14.2. The number of alkyl halides is 2. The maximum Gasteiger partial charge on any atom is 0.414 e. The van der Waals surface area contributed by atoms with Gasteiger partial charge in [0.25, 0.3) is 5.91 Å². The summed E-state index contributed by atoms with van der Waals surface area (Å²) in [6, 6.07) is 4.55. The highest BCUT2D eigenvalue weighted by Crippen LogP contribution is 2.30. The molecule has 2 N–H and O–H groups in total. The van der Waals surface area contributed by atoms with Crippen LogP contribution in [0.1, 0.15) is 24.3 Å². The Bertz CT molecular complexity index is 752. The van der Waals surface area contributed by atoms with Crippen LogP contribution >= 0.6 is 23.2 Å². The molecule has 146 valence electrons. The molecule has 2 aliphatic heterocycles. The minimum Gasteiger partial charge on any atom is -0.442 e. The molecule has 1 aromatic rings. The van der Waals surface area contributed by atoms with Crippen LogP contribution in [0.3, 0.4) is 0 Å². The van der Waals surface area contributed by atoms with Crippen LogP contribution in [-0.2, 0) is 14.3 Å². The van der Waals surface area contributed by atoms with Gasteiger partial charge in [-0.25, -0.2) is 9.18 Å². The standard InChI is InChI=1S/C17H18Cl2FN3O4/c18-15(19)16(25)22-7-11-8-23(17(26)27-11)10-2-3-12(13(20)5-10)9-1-4-14(24)21-6-9/h2-3,5,9,11,15H,1,4,6-8H2,(H,21,24)(H,22,25)/t9?,11-/m0/s1. The minimum absolute atomic E-state index is 0.0316. The predicted octanol–water partition coefficient (Wildman–Crippen LogP) is 2.06. The van der Waals surface area contributed by atoms with Crippen LogP contribution in [0.15, 0.2) is 18.2 Å². The second-order valence-corrected chi connectivity index (χ2v) is 7.50. The van der Waals surface area contributed by atoms with Crippen LogP contribution in [-0.4, -0.2) is 48.5 Å². The Morgan fingerprint density at radius 1 is 1.41 bits per heavy atom. The molecule has 0 radical (unpaired) electrons. The molecule has 3 rings (SSSR count). The van der Waals surface area contributed by atoms with Gasteiger partial charge in [-0.2, -0.15) is 0 Å². The number of benzene rings is 1. The van der Waals surface area contributed by atoms with Crippen LogP contribution in [0, 0.1) is 5.82 Å². The van der Waals surface area contributed by atoms with Crippen molar-refractivity contribution in [1.82, 2.24) is 10.6 Å². The number of ether oxygens (including phenoxy) is 1. The molecule has 2 heterocycles. The van der Waals surface area contributed by atoms with Gasteiger partial charge in [-0.15, -0.1) is 0 Å². The summed E-state index contributed by atoms with van der Waals surface area (Å²) in [6.07, 6.45) is -0.273. The SMILES string of the molecule is O=C1CCC(c2ccc(N3C[C@H](CNC(=O)C(Cl)Cl)OC3=O)cc2F)CN1. The Labute approximate surface area is 165 Å². The number of carbonyl (C=O) groups excluding carboxylic acids is 3. The van der Waals surface area contributed by atoms with E-state index in [0.717, 1.165) is 0 Å². The Kier molecular flexibility index (Phi) is 6.06. The molecule has 0 saturated carbocycles. The van der Waals surface area contributed by atoms with Crippen LogP contribution < -0.4 is 15.5 Å². The number of hydrogen-bond acceptors (Lipinski definition) is 4. The first-order valence-corrected chi connectivity index (χ1v) is 9.32. The average Bonchev–Trinajstić information content (AvgIpc) is 3.01. The Morgan fingerprint density at radius 3 is 2.81 bits per heavy atom. The highest BCUT2D eigenvalue weighted by molar-refractivity contribution is 6.53. The van der Waals surface area contributed by atoms with Crippen LogP contribution in [0.5, 0.6) is 0 Å². The van der Waals surface area contributed by atoms with Crippen LogP contribution in [0.2, 0.25) is 0 Å².